The summed E-state index contributed by atoms with van der Waals surface area (Å²) >= 11 is 0. The van der Waals surface area contributed by atoms with E-state index >= 15 is 0 Å². The summed E-state index contributed by atoms with van der Waals surface area (Å²) in [6.07, 6.45) is 0. The van der Waals surface area contributed by atoms with E-state index in [1.807, 2.05) is 36.4 Å². The molecule has 0 aliphatic carbocycles. The fourth-order valence-corrected chi connectivity index (χ4v) is 2.88. The van der Waals surface area contributed by atoms with Crippen molar-refractivity contribution in [2.24, 2.45) is 0 Å². The Morgan fingerprint density at radius 1 is 0.500 bits per heavy atom. The van der Waals surface area contributed by atoms with Crippen LogP contribution in [0.2, 0.25) is 0 Å². The summed E-state index contributed by atoms with van der Waals surface area (Å²) in [5.41, 5.74) is 2.54. The molecule has 0 atom stereocenters. The minimum atomic E-state index is -0.477. The van der Waals surface area contributed by atoms with Crippen molar-refractivity contribution < 1.29 is 66.7 Å². The van der Waals surface area contributed by atoms with Crippen LogP contribution < -0.4 is 51.4 Å². The average Bonchev–Trinajstić information content (AvgIpc) is 2.56. The van der Waals surface area contributed by atoms with Gasteiger partial charge in [0.15, 0.2) is 0 Å². The molecule has 3 nitrogen and oxygen atoms in total. The number of aromatic hydroxyl groups is 3. The molecule has 116 valence electrons. The molecule has 0 spiro atoms. The van der Waals surface area contributed by atoms with Gasteiger partial charge in [0.05, 0.1) is 0 Å². The van der Waals surface area contributed by atoms with E-state index in [0.717, 1.165) is 16.7 Å². The number of benzene rings is 3. The molecule has 24 heavy (non-hydrogen) atoms. The summed E-state index contributed by atoms with van der Waals surface area (Å²) in [6.45, 7) is 2.08. The standard InChI is InChI=1S/C20H18O3.K/c1-20(14-2-8-17(21)9-3-14,15-4-10-18(22)11-5-15)16-6-12-19(23)13-7-16;/h2-13,21-23H,1H3;/q;+1. The van der Waals surface area contributed by atoms with Crippen LogP contribution in [0.3, 0.4) is 0 Å². The average molecular weight is 345 g/mol. The van der Waals surface area contributed by atoms with Gasteiger partial charge in [0.1, 0.15) is 17.2 Å². The first kappa shape index (κ1) is 19.0. The number of hydrogen-bond acceptors (Lipinski definition) is 3. The summed E-state index contributed by atoms with van der Waals surface area (Å²) in [6, 6.07) is 21.3. The van der Waals surface area contributed by atoms with Crippen LogP contribution in [-0.2, 0) is 5.41 Å². The van der Waals surface area contributed by atoms with E-state index in [-0.39, 0.29) is 68.6 Å². The van der Waals surface area contributed by atoms with Crippen molar-refractivity contribution >= 4 is 0 Å². The summed E-state index contributed by atoms with van der Waals surface area (Å²) in [4.78, 5) is 0. The van der Waals surface area contributed by atoms with Gasteiger partial charge in [0.2, 0.25) is 0 Å². The number of phenolic OH excluding ortho intramolecular Hbond substituents is 3. The Balaban J connectivity index is 0.00000208. The molecule has 0 unspecified atom stereocenters. The second kappa shape index (κ2) is 7.72. The Kier molecular flexibility index (Phi) is 6.12. The minimum absolute atomic E-state index is 0. The van der Waals surface area contributed by atoms with Crippen molar-refractivity contribution in [2.45, 2.75) is 12.3 Å². The molecule has 0 saturated carbocycles. The molecule has 0 amide bonds. The van der Waals surface area contributed by atoms with Gasteiger partial charge in [0, 0.05) is 5.41 Å². The maximum atomic E-state index is 9.57. The topological polar surface area (TPSA) is 60.7 Å². The van der Waals surface area contributed by atoms with E-state index in [4.69, 9.17) is 0 Å². The molecule has 0 bridgehead atoms. The van der Waals surface area contributed by atoms with Crippen LogP contribution in [0.4, 0.5) is 0 Å². The monoisotopic (exact) mass is 345 g/mol. The van der Waals surface area contributed by atoms with Crippen LogP contribution in [0.25, 0.3) is 0 Å². The molecule has 3 aromatic carbocycles. The van der Waals surface area contributed by atoms with E-state index in [1.54, 1.807) is 36.4 Å². The van der Waals surface area contributed by atoms with E-state index in [1.165, 1.54) is 0 Å². The largest absolute Gasteiger partial charge is 1.00 e. The Morgan fingerprint density at radius 3 is 0.917 bits per heavy atom. The third-order valence-corrected chi connectivity index (χ3v) is 4.33. The Bertz CT molecular complexity index is 683. The molecule has 0 saturated heterocycles. The second-order valence-electron chi connectivity index (χ2n) is 5.77. The predicted octanol–water partition coefficient (Wildman–Crippen LogP) is 1.16. The van der Waals surface area contributed by atoms with Gasteiger partial charge in [-0.1, -0.05) is 36.4 Å². The van der Waals surface area contributed by atoms with Crippen LogP contribution in [0.15, 0.2) is 72.8 Å². The van der Waals surface area contributed by atoms with Gasteiger partial charge in [-0.3, -0.25) is 0 Å². The summed E-state index contributed by atoms with van der Waals surface area (Å²) in [5, 5.41) is 28.7. The molecule has 3 aromatic rings. The van der Waals surface area contributed by atoms with Crippen LogP contribution >= 0.6 is 0 Å². The quantitative estimate of drug-likeness (QED) is 0.493. The summed E-state index contributed by atoms with van der Waals surface area (Å²) in [5.74, 6) is 0.646. The van der Waals surface area contributed by atoms with E-state index in [0.29, 0.717) is 0 Å². The summed E-state index contributed by atoms with van der Waals surface area (Å²) < 4.78 is 0. The molecule has 3 rings (SSSR count). The van der Waals surface area contributed by atoms with Crippen molar-refractivity contribution in [2.75, 3.05) is 0 Å². The SMILES string of the molecule is CC(c1ccc(O)cc1)(c1ccc(O)cc1)c1ccc(O)cc1.[K+]. The molecular weight excluding hydrogens is 327 g/mol. The van der Waals surface area contributed by atoms with Gasteiger partial charge in [-0.15, -0.1) is 0 Å². The van der Waals surface area contributed by atoms with Gasteiger partial charge >= 0.3 is 51.4 Å². The first-order valence-electron chi connectivity index (χ1n) is 7.38. The molecule has 0 aromatic heterocycles. The van der Waals surface area contributed by atoms with Crippen molar-refractivity contribution in [3.63, 3.8) is 0 Å². The van der Waals surface area contributed by atoms with Crippen molar-refractivity contribution in [3.8, 4) is 17.2 Å². The third-order valence-electron chi connectivity index (χ3n) is 4.33. The Morgan fingerprint density at radius 2 is 0.708 bits per heavy atom. The minimum Gasteiger partial charge on any atom is -0.508 e. The zero-order valence-corrected chi connectivity index (χ0v) is 16.9. The normalized spacial score (nSPS) is 10.9. The Labute approximate surface area is 184 Å². The molecule has 0 heterocycles. The molecular formula is C20H18KO3+. The molecule has 0 fully saturated rings. The van der Waals surface area contributed by atoms with Crippen molar-refractivity contribution in [3.05, 3.63) is 89.5 Å². The molecule has 0 radical (unpaired) electrons. The van der Waals surface area contributed by atoms with E-state index in [2.05, 4.69) is 6.92 Å². The van der Waals surface area contributed by atoms with Crippen LogP contribution in [-0.4, -0.2) is 15.3 Å². The van der Waals surface area contributed by atoms with Crippen LogP contribution in [0, 0.1) is 0 Å². The molecule has 0 aliphatic rings. The maximum absolute atomic E-state index is 9.57. The number of hydrogen-bond donors (Lipinski definition) is 3. The van der Waals surface area contributed by atoms with E-state index < -0.39 is 5.41 Å². The van der Waals surface area contributed by atoms with Crippen LogP contribution in [0.5, 0.6) is 17.2 Å². The van der Waals surface area contributed by atoms with Gasteiger partial charge in [0.25, 0.3) is 0 Å². The van der Waals surface area contributed by atoms with Crippen LogP contribution in [0.1, 0.15) is 23.6 Å². The molecule has 0 aliphatic heterocycles. The zero-order valence-electron chi connectivity index (χ0n) is 13.8. The van der Waals surface area contributed by atoms with E-state index in [9.17, 15) is 15.3 Å². The molecule has 4 heteroatoms. The molecule has 3 N–H and O–H groups in total. The Hall–Kier alpha value is -1.30. The third kappa shape index (κ3) is 3.68. The second-order valence-corrected chi connectivity index (χ2v) is 5.77. The number of rotatable bonds is 3. The van der Waals surface area contributed by atoms with Gasteiger partial charge in [-0.2, -0.15) is 0 Å². The van der Waals surface area contributed by atoms with Gasteiger partial charge in [-0.05, 0) is 60.0 Å². The van der Waals surface area contributed by atoms with Gasteiger partial charge < -0.3 is 15.3 Å². The first-order chi connectivity index (χ1) is 11.0. The summed E-state index contributed by atoms with van der Waals surface area (Å²) in [7, 11) is 0. The zero-order chi connectivity index (χ0) is 16.4. The maximum Gasteiger partial charge on any atom is 1.00 e. The fraction of sp³-hybridized carbons (Fsp3) is 0.100. The predicted molar refractivity (Wildman–Crippen MR) is 89.9 cm³/mol. The number of phenols is 3. The van der Waals surface area contributed by atoms with Gasteiger partial charge in [-0.25, -0.2) is 0 Å². The van der Waals surface area contributed by atoms with Crippen molar-refractivity contribution in [1.82, 2.24) is 0 Å². The fourth-order valence-electron chi connectivity index (χ4n) is 2.88. The van der Waals surface area contributed by atoms with Crippen molar-refractivity contribution in [1.29, 1.82) is 0 Å². The smallest absolute Gasteiger partial charge is 0.508 e. The first-order valence-corrected chi connectivity index (χ1v) is 7.38.